The first kappa shape index (κ1) is 15.5. The van der Waals surface area contributed by atoms with Crippen LogP contribution in [0.4, 0.5) is 0 Å². The molecular weight excluding hydrogens is 234 g/mol. The van der Waals surface area contributed by atoms with Gasteiger partial charge in [-0.3, -0.25) is 4.79 Å². The summed E-state index contributed by atoms with van der Waals surface area (Å²) in [5, 5.41) is 0. The highest BCUT2D eigenvalue weighted by Gasteiger charge is 2.16. The molecule has 0 saturated carbocycles. The third-order valence-electron chi connectivity index (χ3n) is 3.45. The van der Waals surface area contributed by atoms with Crippen molar-refractivity contribution in [3.63, 3.8) is 0 Å². The maximum absolute atomic E-state index is 10.9. The predicted octanol–water partition coefficient (Wildman–Crippen LogP) is 3.99. The molecule has 0 fully saturated rings. The number of rotatable bonds is 9. The highest BCUT2D eigenvalue weighted by atomic mass is 16.1. The topological polar surface area (TPSA) is 20.3 Å². The van der Waals surface area contributed by atoms with Crippen LogP contribution in [0.2, 0.25) is 0 Å². The van der Waals surface area contributed by atoms with Crippen molar-refractivity contribution in [2.24, 2.45) is 0 Å². The number of carbonyl (C=O) groups is 1. The van der Waals surface area contributed by atoms with Crippen molar-refractivity contribution in [3.05, 3.63) is 48.0 Å². The third kappa shape index (κ3) is 5.29. The summed E-state index contributed by atoms with van der Waals surface area (Å²) in [4.78, 5) is 12.5. The number of nitrogens with zero attached hydrogens (tertiary/aromatic N) is 1. The minimum Gasteiger partial charge on any atom is -0.347 e. The first-order valence-corrected chi connectivity index (χ1v) is 7.07. The smallest absolute Gasteiger partial charge is 0.209 e. The molecule has 0 bridgehead atoms. The number of amides is 1. The number of benzene rings is 1. The summed E-state index contributed by atoms with van der Waals surface area (Å²) < 4.78 is 0. The Kier molecular flexibility index (Phi) is 6.94. The van der Waals surface area contributed by atoms with Gasteiger partial charge in [0.25, 0.3) is 0 Å². The van der Waals surface area contributed by atoms with Gasteiger partial charge in [0.15, 0.2) is 0 Å². The zero-order valence-corrected chi connectivity index (χ0v) is 12.1. The van der Waals surface area contributed by atoms with Crippen molar-refractivity contribution in [3.8, 4) is 0 Å². The fraction of sp³-hybridized carbons (Fsp3) is 0.471. The fourth-order valence-electron chi connectivity index (χ4n) is 2.26. The van der Waals surface area contributed by atoms with Crippen LogP contribution in [0, 0.1) is 0 Å². The lowest BCUT2D eigenvalue weighted by Crippen LogP contribution is -2.24. The highest BCUT2D eigenvalue weighted by Crippen LogP contribution is 2.27. The molecule has 1 unspecified atom stereocenters. The van der Waals surface area contributed by atoms with Gasteiger partial charge in [-0.25, -0.2) is 0 Å². The van der Waals surface area contributed by atoms with Crippen molar-refractivity contribution >= 4 is 6.41 Å². The van der Waals surface area contributed by atoms with E-state index in [1.54, 1.807) is 4.90 Å². The van der Waals surface area contributed by atoms with E-state index in [4.69, 9.17) is 0 Å². The van der Waals surface area contributed by atoms with E-state index in [0.717, 1.165) is 12.8 Å². The summed E-state index contributed by atoms with van der Waals surface area (Å²) in [6, 6.07) is 10.3. The number of unbranched alkanes of at least 4 members (excludes halogenated alkanes) is 2. The molecule has 1 aromatic rings. The monoisotopic (exact) mass is 259 g/mol. The van der Waals surface area contributed by atoms with Crippen LogP contribution in [0.25, 0.3) is 0 Å². The number of carbonyl (C=O) groups excluding carboxylic acids is 1. The molecule has 0 aliphatic carbocycles. The molecule has 0 radical (unpaired) electrons. The molecule has 2 heteroatoms. The zero-order chi connectivity index (χ0) is 14.1. The van der Waals surface area contributed by atoms with Crippen LogP contribution in [0.15, 0.2) is 42.5 Å². The maximum atomic E-state index is 10.9. The SMILES string of the molecule is C=C(CCCCC)C(CN(C)C=O)c1ccccc1. The molecule has 0 spiro atoms. The van der Waals surface area contributed by atoms with E-state index in [1.807, 2.05) is 25.2 Å². The van der Waals surface area contributed by atoms with Gasteiger partial charge in [-0.2, -0.15) is 0 Å². The fourth-order valence-corrected chi connectivity index (χ4v) is 2.26. The van der Waals surface area contributed by atoms with Crippen LogP contribution in [0.5, 0.6) is 0 Å². The van der Waals surface area contributed by atoms with Crippen molar-refractivity contribution in [2.75, 3.05) is 13.6 Å². The Bertz CT molecular complexity index is 386. The molecule has 1 amide bonds. The average molecular weight is 259 g/mol. The summed E-state index contributed by atoms with van der Waals surface area (Å²) in [5.41, 5.74) is 2.48. The summed E-state index contributed by atoms with van der Waals surface area (Å²) in [7, 11) is 1.82. The Labute approximate surface area is 117 Å². The van der Waals surface area contributed by atoms with Crippen LogP contribution in [0.3, 0.4) is 0 Å². The van der Waals surface area contributed by atoms with Crippen LogP contribution < -0.4 is 0 Å². The molecule has 0 aliphatic rings. The summed E-state index contributed by atoms with van der Waals surface area (Å²) in [5.74, 6) is 0.244. The normalized spacial score (nSPS) is 11.9. The Morgan fingerprint density at radius 2 is 2.00 bits per heavy atom. The van der Waals surface area contributed by atoms with Crippen molar-refractivity contribution in [1.29, 1.82) is 0 Å². The minimum atomic E-state index is 0.244. The van der Waals surface area contributed by atoms with Crippen molar-refractivity contribution < 1.29 is 4.79 Å². The van der Waals surface area contributed by atoms with Crippen LogP contribution in [-0.4, -0.2) is 24.9 Å². The zero-order valence-electron chi connectivity index (χ0n) is 12.1. The van der Waals surface area contributed by atoms with Crippen LogP contribution >= 0.6 is 0 Å². The van der Waals surface area contributed by atoms with Gasteiger partial charge in [-0.05, 0) is 18.4 Å². The Morgan fingerprint density at radius 1 is 1.32 bits per heavy atom. The number of hydrogen-bond acceptors (Lipinski definition) is 1. The van der Waals surface area contributed by atoms with E-state index in [1.165, 1.54) is 30.4 Å². The summed E-state index contributed by atoms with van der Waals surface area (Å²) in [6.45, 7) is 7.16. The molecule has 0 N–H and O–H groups in total. The average Bonchev–Trinajstić information content (AvgIpc) is 2.45. The van der Waals surface area contributed by atoms with Crippen molar-refractivity contribution in [1.82, 2.24) is 4.90 Å². The molecule has 1 aromatic carbocycles. The molecule has 0 aliphatic heterocycles. The van der Waals surface area contributed by atoms with Gasteiger partial charge in [0, 0.05) is 19.5 Å². The Morgan fingerprint density at radius 3 is 2.58 bits per heavy atom. The van der Waals surface area contributed by atoms with E-state index in [9.17, 15) is 4.79 Å². The Balaban J connectivity index is 2.74. The molecule has 2 nitrogen and oxygen atoms in total. The molecule has 1 atom stereocenters. The first-order chi connectivity index (χ1) is 9.19. The predicted molar refractivity (Wildman–Crippen MR) is 81.2 cm³/mol. The highest BCUT2D eigenvalue weighted by molar-refractivity contribution is 5.47. The number of hydrogen-bond donors (Lipinski definition) is 0. The molecular formula is C17H25NO. The number of likely N-dealkylation sites (N-methyl/N-ethyl adjacent to an activating group) is 1. The van der Waals surface area contributed by atoms with Crippen LogP contribution in [0.1, 0.15) is 44.1 Å². The molecule has 104 valence electrons. The standard InChI is InChI=1S/C17H25NO/c1-4-5-7-10-15(2)17(13-18(3)14-19)16-11-8-6-9-12-16/h6,8-9,11-12,14,17H,2,4-5,7,10,13H2,1,3H3. The Hall–Kier alpha value is -1.57. The van der Waals surface area contributed by atoms with Gasteiger partial charge < -0.3 is 4.90 Å². The van der Waals surface area contributed by atoms with Gasteiger partial charge in [-0.1, -0.05) is 62.2 Å². The first-order valence-electron chi connectivity index (χ1n) is 7.07. The van der Waals surface area contributed by atoms with Crippen LogP contribution in [-0.2, 0) is 4.79 Å². The van der Waals surface area contributed by atoms with E-state index >= 15 is 0 Å². The maximum Gasteiger partial charge on any atom is 0.209 e. The molecule has 0 saturated heterocycles. The second-order valence-corrected chi connectivity index (χ2v) is 5.12. The summed E-state index contributed by atoms with van der Waals surface area (Å²) in [6.07, 6.45) is 5.57. The molecule has 19 heavy (non-hydrogen) atoms. The van der Waals surface area contributed by atoms with E-state index < -0.39 is 0 Å². The van der Waals surface area contributed by atoms with Crippen molar-refractivity contribution in [2.45, 2.75) is 38.5 Å². The molecule has 0 aromatic heterocycles. The molecule has 1 rings (SSSR count). The molecule has 0 heterocycles. The van der Waals surface area contributed by atoms with Gasteiger partial charge in [0.2, 0.25) is 6.41 Å². The van der Waals surface area contributed by atoms with E-state index in [2.05, 4.69) is 25.6 Å². The third-order valence-corrected chi connectivity index (χ3v) is 3.45. The van der Waals surface area contributed by atoms with Gasteiger partial charge in [0.05, 0.1) is 0 Å². The second-order valence-electron chi connectivity index (χ2n) is 5.12. The van der Waals surface area contributed by atoms with E-state index in [-0.39, 0.29) is 5.92 Å². The quantitative estimate of drug-likeness (QED) is 0.373. The van der Waals surface area contributed by atoms with Gasteiger partial charge in [0.1, 0.15) is 0 Å². The minimum absolute atomic E-state index is 0.244. The second kappa shape index (κ2) is 8.52. The van der Waals surface area contributed by atoms with Gasteiger partial charge in [-0.15, -0.1) is 0 Å². The van der Waals surface area contributed by atoms with Gasteiger partial charge >= 0.3 is 0 Å². The van der Waals surface area contributed by atoms with E-state index in [0.29, 0.717) is 6.54 Å². The lowest BCUT2D eigenvalue weighted by molar-refractivity contribution is -0.117. The summed E-state index contributed by atoms with van der Waals surface area (Å²) >= 11 is 0. The lowest BCUT2D eigenvalue weighted by atomic mass is 9.88. The largest absolute Gasteiger partial charge is 0.347 e. The lowest BCUT2D eigenvalue weighted by Gasteiger charge is -2.24.